The number of halogens is 2. The van der Waals surface area contributed by atoms with Gasteiger partial charge in [-0.3, -0.25) is 4.72 Å². The van der Waals surface area contributed by atoms with Crippen LogP contribution in [0, 0.1) is 11.6 Å². The fourth-order valence-corrected chi connectivity index (χ4v) is 4.48. The molecule has 0 spiro atoms. The molecule has 166 valence electrons. The summed E-state index contributed by atoms with van der Waals surface area (Å²) in [4.78, 5) is 3.16. The molecule has 0 radical (unpaired) electrons. The van der Waals surface area contributed by atoms with Crippen molar-refractivity contribution in [2.24, 2.45) is 0 Å². The van der Waals surface area contributed by atoms with Gasteiger partial charge in [-0.05, 0) is 66.2 Å². The molecule has 0 aliphatic rings. The maximum atomic E-state index is 14.6. The summed E-state index contributed by atoms with van der Waals surface area (Å²) in [5.41, 5.74) is 4.49. The Kier molecular flexibility index (Phi) is 5.02. The number of anilines is 1. The second kappa shape index (κ2) is 7.90. The van der Waals surface area contributed by atoms with Crippen molar-refractivity contribution in [1.29, 1.82) is 0 Å². The lowest BCUT2D eigenvalue weighted by Gasteiger charge is -2.13. The highest BCUT2D eigenvalue weighted by Crippen LogP contribution is 2.33. The minimum absolute atomic E-state index is 0.280. The Balaban J connectivity index is 1.71. The summed E-state index contributed by atoms with van der Waals surface area (Å²) in [7, 11) is -3.43. The van der Waals surface area contributed by atoms with Gasteiger partial charge in [-0.15, -0.1) is 0 Å². The number of nitrogens with zero attached hydrogens (tertiary/aromatic N) is 1. The zero-order chi connectivity index (χ0) is 23.2. The van der Waals surface area contributed by atoms with E-state index < -0.39 is 21.7 Å². The van der Waals surface area contributed by atoms with E-state index in [1.54, 1.807) is 18.3 Å². The highest BCUT2D eigenvalue weighted by molar-refractivity contribution is 7.92. The maximum Gasteiger partial charge on any atom is 0.229 e. The Hall–Kier alpha value is -3.91. The van der Waals surface area contributed by atoms with Crippen LogP contribution < -0.4 is 4.72 Å². The molecule has 3 aromatic carbocycles. The van der Waals surface area contributed by atoms with Crippen molar-refractivity contribution >= 4 is 26.6 Å². The Morgan fingerprint density at radius 1 is 0.909 bits per heavy atom. The average Bonchev–Trinajstić information content (AvgIpc) is 3.42. The van der Waals surface area contributed by atoms with E-state index in [1.165, 1.54) is 12.1 Å². The van der Waals surface area contributed by atoms with Gasteiger partial charge in [-0.25, -0.2) is 17.2 Å². The van der Waals surface area contributed by atoms with Crippen LogP contribution in [0.2, 0.25) is 0 Å². The zero-order valence-corrected chi connectivity index (χ0v) is 18.3. The molecular weight excluding hydrogens is 444 g/mol. The molecule has 0 saturated heterocycles. The van der Waals surface area contributed by atoms with Crippen LogP contribution in [0.3, 0.4) is 0 Å². The van der Waals surface area contributed by atoms with Crippen LogP contribution in [-0.2, 0) is 10.0 Å². The maximum absolute atomic E-state index is 14.6. The second-order valence-electron chi connectivity index (χ2n) is 7.81. The van der Waals surface area contributed by atoms with Gasteiger partial charge in [0.05, 0.1) is 17.5 Å². The standard InChI is InChI=1S/C25H19F2N3O2S/c1-33(31,32)29-20-6-4-16-8-10-30(25(16)15-20)21-12-17(22-7-5-19(26)14-23(22)27)11-18(13-21)24-3-2-9-28-24/h2-15,28-29H,1H3. The molecule has 0 amide bonds. The number of fused-ring (bicyclic) bond motifs is 1. The van der Waals surface area contributed by atoms with Crippen LogP contribution in [0.15, 0.2) is 85.2 Å². The molecular formula is C25H19F2N3O2S. The number of nitrogens with one attached hydrogen (secondary N) is 2. The molecule has 33 heavy (non-hydrogen) atoms. The highest BCUT2D eigenvalue weighted by atomic mass is 32.2. The molecule has 0 aliphatic heterocycles. The first kappa shape index (κ1) is 21.0. The summed E-state index contributed by atoms with van der Waals surface area (Å²) in [6.07, 6.45) is 4.77. The normalized spacial score (nSPS) is 11.7. The molecule has 0 aliphatic carbocycles. The number of aromatic amines is 1. The number of sulfonamides is 1. The number of H-pyrrole nitrogens is 1. The van der Waals surface area contributed by atoms with Gasteiger partial charge in [0.15, 0.2) is 0 Å². The smallest absolute Gasteiger partial charge is 0.229 e. The lowest BCUT2D eigenvalue weighted by atomic mass is 10.00. The second-order valence-corrected chi connectivity index (χ2v) is 9.56. The third-order valence-corrected chi connectivity index (χ3v) is 5.95. The van der Waals surface area contributed by atoms with Gasteiger partial charge in [0.1, 0.15) is 11.6 Å². The van der Waals surface area contributed by atoms with Crippen LogP contribution in [0.1, 0.15) is 0 Å². The van der Waals surface area contributed by atoms with Crippen molar-refractivity contribution in [3.63, 3.8) is 0 Å². The van der Waals surface area contributed by atoms with E-state index in [0.717, 1.165) is 40.2 Å². The van der Waals surface area contributed by atoms with Crippen molar-refractivity contribution in [2.75, 3.05) is 11.0 Å². The minimum atomic E-state index is -3.43. The van der Waals surface area contributed by atoms with Crippen molar-refractivity contribution < 1.29 is 17.2 Å². The zero-order valence-electron chi connectivity index (χ0n) is 17.5. The first-order valence-electron chi connectivity index (χ1n) is 10.1. The summed E-state index contributed by atoms with van der Waals surface area (Å²) in [6, 6.07) is 20.1. The molecule has 5 nitrogen and oxygen atoms in total. The average molecular weight is 464 g/mol. The van der Waals surface area contributed by atoms with Crippen molar-refractivity contribution in [3.8, 4) is 28.1 Å². The van der Waals surface area contributed by atoms with Gasteiger partial charge in [-0.2, -0.15) is 0 Å². The number of rotatable bonds is 5. The lowest BCUT2D eigenvalue weighted by molar-refractivity contribution is 0.585. The molecule has 0 fully saturated rings. The number of benzene rings is 3. The van der Waals surface area contributed by atoms with Gasteiger partial charge in [0, 0.05) is 46.4 Å². The third kappa shape index (κ3) is 4.25. The topological polar surface area (TPSA) is 66.9 Å². The molecule has 5 aromatic rings. The highest BCUT2D eigenvalue weighted by Gasteiger charge is 2.13. The van der Waals surface area contributed by atoms with E-state index in [4.69, 9.17) is 0 Å². The van der Waals surface area contributed by atoms with Crippen molar-refractivity contribution in [3.05, 3.63) is 96.8 Å². The van der Waals surface area contributed by atoms with Crippen LogP contribution in [0.4, 0.5) is 14.5 Å². The molecule has 2 N–H and O–H groups in total. The molecule has 0 atom stereocenters. The Morgan fingerprint density at radius 2 is 1.73 bits per heavy atom. The summed E-state index contributed by atoms with van der Waals surface area (Å²) in [5, 5.41) is 0.911. The van der Waals surface area contributed by atoms with Gasteiger partial charge < -0.3 is 9.55 Å². The Morgan fingerprint density at radius 3 is 2.45 bits per heavy atom. The Bertz CT molecular complexity index is 1590. The minimum Gasteiger partial charge on any atom is -0.361 e. The van der Waals surface area contributed by atoms with Crippen LogP contribution in [0.25, 0.3) is 39.0 Å². The predicted octanol–water partition coefficient (Wildman–Crippen LogP) is 5.94. The summed E-state index contributed by atoms with van der Waals surface area (Å²) >= 11 is 0. The van der Waals surface area contributed by atoms with Gasteiger partial charge in [-0.1, -0.05) is 6.07 Å². The van der Waals surface area contributed by atoms with Crippen LogP contribution in [-0.4, -0.2) is 24.2 Å². The molecule has 0 bridgehead atoms. The number of hydrogen-bond acceptors (Lipinski definition) is 2. The van der Waals surface area contributed by atoms with Crippen LogP contribution in [0.5, 0.6) is 0 Å². The first-order valence-corrected chi connectivity index (χ1v) is 12.0. The van der Waals surface area contributed by atoms with E-state index >= 15 is 0 Å². The number of hydrogen-bond donors (Lipinski definition) is 2. The monoisotopic (exact) mass is 463 g/mol. The van der Waals surface area contributed by atoms with E-state index in [-0.39, 0.29) is 5.56 Å². The van der Waals surface area contributed by atoms with Gasteiger partial charge in [0.2, 0.25) is 10.0 Å². The molecule has 2 aromatic heterocycles. The summed E-state index contributed by atoms with van der Waals surface area (Å²) < 4.78 is 55.9. The fraction of sp³-hybridized carbons (Fsp3) is 0.0400. The van der Waals surface area contributed by atoms with Gasteiger partial charge in [0.25, 0.3) is 0 Å². The number of aromatic nitrogens is 2. The van der Waals surface area contributed by atoms with Crippen molar-refractivity contribution in [2.45, 2.75) is 0 Å². The summed E-state index contributed by atoms with van der Waals surface area (Å²) in [5.74, 6) is -1.29. The van der Waals surface area contributed by atoms with E-state index in [9.17, 15) is 17.2 Å². The van der Waals surface area contributed by atoms with Crippen molar-refractivity contribution in [1.82, 2.24) is 9.55 Å². The molecule has 0 unspecified atom stereocenters. The Labute approximate surface area is 189 Å². The quantitative estimate of drug-likeness (QED) is 0.339. The SMILES string of the molecule is CS(=O)(=O)Nc1ccc2ccn(-c3cc(-c4ccc[nH]4)cc(-c4ccc(F)cc4F)c3)c2c1. The molecule has 2 heterocycles. The third-order valence-electron chi connectivity index (χ3n) is 5.34. The summed E-state index contributed by atoms with van der Waals surface area (Å²) in [6.45, 7) is 0. The largest absolute Gasteiger partial charge is 0.361 e. The van der Waals surface area contributed by atoms with E-state index in [1.807, 2.05) is 53.2 Å². The molecule has 8 heteroatoms. The van der Waals surface area contributed by atoms with E-state index in [2.05, 4.69) is 9.71 Å². The lowest BCUT2D eigenvalue weighted by Crippen LogP contribution is -2.09. The van der Waals surface area contributed by atoms with Gasteiger partial charge >= 0.3 is 0 Å². The van der Waals surface area contributed by atoms with E-state index in [0.29, 0.717) is 11.3 Å². The first-order chi connectivity index (χ1) is 15.8. The fourth-order valence-electron chi connectivity index (χ4n) is 3.93. The predicted molar refractivity (Wildman–Crippen MR) is 127 cm³/mol. The molecule has 5 rings (SSSR count). The molecule has 0 saturated carbocycles. The van der Waals surface area contributed by atoms with Crippen LogP contribution >= 0.6 is 0 Å².